The molecule has 1 unspecified atom stereocenters. The van der Waals surface area contributed by atoms with Crippen LogP contribution in [0.5, 0.6) is 0 Å². The summed E-state index contributed by atoms with van der Waals surface area (Å²) in [6.07, 6.45) is 1.56. The van der Waals surface area contributed by atoms with Gasteiger partial charge in [-0.25, -0.2) is 4.79 Å². The van der Waals surface area contributed by atoms with Gasteiger partial charge in [0.1, 0.15) is 0 Å². The van der Waals surface area contributed by atoms with E-state index < -0.39 is 0 Å². The smallest absolute Gasteiger partial charge is 0.339 e. The van der Waals surface area contributed by atoms with Gasteiger partial charge in [-0.3, -0.25) is 4.98 Å². The minimum Gasteiger partial charge on any atom is -0.465 e. The van der Waals surface area contributed by atoms with Gasteiger partial charge in [0, 0.05) is 41.8 Å². The van der Waals surface area contributed by atoms with Gasteiger partial charge in [0.25, 0.3) is 0 Å². The third-order valence-electron chi connectivity index (χ3n) is 2.81. The van der Waals surface area contributed by atoms with E-state index in [0.29, 0.717) is 10.8 Å². The highest BCUT2D eigenvalue weighted by Gasteiger charge is 2.13. The molecule has 0 radical (unpaired) electrons. The highest BCUT2D eigenvalue weighted by Crippen LogP contribution is 2.23. The van der Waals surface area contributed by atoms with Gasteiger partial charge in [0.05, 0.1) is 18.4 Å². The van der Waals surface area contributed by atoms with E-state index in [2.05, 4.69) is 15.0 Å². The molecular formula is C13H18N2O2S2. The third-order valence-corrected chi connectivity index (χ3v) is 5.65. The number of nitrogens with one attached hydrogen (secondary N) is 1. The standard InChI is InChI=1S/C13H18N2O2S2/c1-17-13(16)10-2-3-11(15-6-10)7-14-8-12-9-18-4-5-19-12/h2-3,6,12,14H,4-5,7-9H2,1H3. The zero-order valence-corrected chi connectivity index (χ0v) is 12.6. The first kappa shape index (κ1) is 14.7. The minimum atomic E-state index is -0.345. The first-order valence-corrected chi connectivity index (χ1v) is 8.43. The fraction of sp³-hybridized carbons (Fsp3) is 0.538. The van der Waals surface area contributed by atoms with Crippen molar-refractivity contribution in [3.8, 4) is 0 Å². The van der Waals surface area contributed by atoms with Crippen LogP contribution in [-0.2, 0) is 11.3 Å². The monoisotopic (exact) mass is 298 g/mol. The van der Waals surface area contributed by atoms with Gasteiger partial charge < -0.3 is 10.1 Å². The molecule has 0 bridgehead atoms. The number of aromatic nitrogens is 1. The number of nitrogens with zero attached hydrogens (tertiary/aromatic N) is 1. The van der Waals surface area contributed by atoms with Crippen LogP contribution in [0.15, 0.2) is 18.3 Å². The predicted octanol–water partition coefficient (Wildman–Crippen LogP) is 1.81. The van der Waals surface area contributed by atoms with Crippen LogP contribution in [0, 0.1) is 0 Å². The number of rotatable bonds is 5. The fourth-order valence-corrected chi connectivity index (χ4v) is 4.43. The average molecular weight is 298 g/mol. The molecule has 104 valence electrons. The Balaban J connectivity index is 1.75. The molecule has 0 saturated carbocycles. The maximum Gasteiger partial charge on any atom is 0.339 e. The van der Waals surface area contributed by atoms with Crippen LogP contribution < -0.4 is 5.32 Å². The lowest BCUT2D eigenvalue weighted by molar-refractivity contribution is 0.0600. The lowest BCUT2D eigenvalue weighted by Gasteiger charge is -2.21. The number of carbonyl (C=O) groups excluding carboxylic acids is 1. The van der Waals surface area contributed by atoms with Crippen LogP contribution in [0.1, 0.15) is 16.1 Å². The average Bonchev–Trinajstić information content (AvgIpc) is 2.48. The van der Waals surface area contributed by atoms with Crippen LogP contribution in [0.25, 0.3) is 0 Å². The topological polar surface area (TPSA) is 51.2 Å². The van der Waals surface area contributed by atoms with Crippen LogP contribution in [0.4, 0.5) is 0 Å². The summed E-state index contributed by atoms with van der Waals surface area (Å²) in [5, 5.41) is 4.12. The van der Waals surface area contributed by atoms with Crippen molar-refractivity contribution in [2.24, 2.45) is 0 Å². The number of hydrogen-bond acceptors (Lipinski definition) is 6. The highest BCUT2D eigenvalue weighted by molar-refractivity contribution is 8.06. The summed E-state index contributed by atoms with van der Waals surface area (Å²) in [5.41, 5.74) is 1.44. The summed E-state index contributed by atoms with van der Waals surface area (Å²) >= 11 is 4.07. The Kier molecular flexibility index (Phi) is 6.00. The molecule has 0 spiro atoms. The summed E-state index contributed by atoms with van der Waals surface area (Å²) in [6.45, 7) is 1.75. The predicted molar refractivity (Wildman–Crippen MR) is 80.9 cm³/mol. The van der Waals surface area contributed by atoms with Crippen molar-refractivity contribution in [3.05, 3.63) is 29.6 Å². The lowest BCUT2D eigenvalue weighted by Crippen LogP contribution is -2.28. The van der Waals surface area contributed by atoms with E-state index in [4.69, 9.17) is 0 Å². The first-order chi connectivity index (χ1) is 9.29. The summed E-state index contributed by atoms with van der Waals surface area (Å²) in [4.78, 5) is 15.5. The summed E-state index contributed by atoms with van der Waals surface area (Å²) in [7, 11) is 1.37. The largest absolute Gasteiger partial charge is 0.465 e. The SMILES string of the molecule is COC(=O)c1ccc(CNCC2CSCCS2)nc1. The number of ether oxygens (including phenoxy) is 1. The van der Waals surface area contributed by atoms with E-state index >= 15 is 0 Å². The second-order valence-electron chi connectivity index (χ2n) is 4.23. The quantitative estimate of drug-likeness (QED) is 0.837. The molecule has 2 heterocycles. The molecule has 1 aromatic rings. The Labute approximate surface area is 122 Å². The van der Waals surface area contributed by atoms with Crippen LogP contribution >= 0.6 is 23.5 Å². The van der Waals surface area contributed by atoms with Gasteiger partial charge in [0.2, 0.25) is 0 Å². The molecule has 1 atom stereocenters. The van der Waals surface area contributed by atoms with Gasteiger partial charge in [-0.15, -0.1) is 0 Å². The highest BCUT2D eigenvalue weighted by atomic mass is 32.2. The number of esters is 1. The number of carbonyl (C=O) groups is 1. The molecule has 1 N–H and O–H groups in total. The van der Waals surface area contributed by atoms with Gasteiger partial charge >= 0.3 is 5.97 Å². The molecule has 1 aromatic heterocycles. The Hall–Kier alpha value is -0.720. The Morgan fingerprint density at radius 3 is 3.05 bits per heavy atom. The van der Waals surface area contributed by atoms with E-state index in [9.17, 15) is 4.79 Å². The van der Waals surface area contributed by atoms with Gasteiger partial charge in [0.15, 0.2) is 0 Å². The number of pyridine rings is 1. The van der Waals surface area contributed by atoms with Crippen molar-refractivity contribution in [1.29, 1.82) is 0 Å². The van der Waals surface area contributed by atoms with Crippen LogP contribution in [0.2, 0.25) is 0 Å². The van der Waals surface area contributed by atoms with Gasteiger partial charge in [-0.1, -0.05) is 0 Å². The van der Waals surface area contributed by atoms with Crippen LogP contribution in [-0.4, -0.2) is 47.1 Å². The molecular weight excluding hydrogens is 280 g/mol. The number of thioether (sulfide) groups is 2. The molecule has 4 nitrogen and oxygen atoms in total. The molecule has 0 amide bonds. The van der Waals surface area contributed by atoms with Gasteiger partial charge in [-0.05, 0) is 12.1 Å². The summed E-state index contributed by atoms with van der Waals surface area (Å²) < 4.78 is 4.64. The molecule has 19 heavy (non-hydrogen) atoms. The van der Waals surface area contributed by atoms with Crippen molar-refractivity contribution < 1.29 is 9.53 Å². The molecule has 0 aromatic carbocycles. The Morgan fingerprint density at radius 2 is 2.42 bits per heavy atom. The first-order valence-electron chi connectivity index (χ1n) is 6.23. The number of hydrogen-bond donors (Lipinski definition) is 1. The van der Waals surface area contributed by atoms with Gasteiger partial charge in [-0.2, -0.15) is 23.5 Å². The minimum absolute atomic E-state index is 0.345. The molecule has 1 saturated heterocycles. The third kappa shape index (κ3) is 4.71. The maximum absolute atomic E-state index is 11.3. The molecule has 1 fully saturated rings. The molecule has 1 aliphatic rings. The lowest BCUT2D eigenvalue weighted by atomic mass is 10.2. The second kappa shape index (κ2) is 7.77. The zero-order chi connectivity index (χ0) is 13.5. The molecule has 6 heteroatoms. The van der Waals surface area contributed by atoms with E-state index in [1.165, 1.54) is 24.4 Å². The van der Waals surface area contributed by atoms with Crippen molar-refractivity contribution >= 4 is 29.5 Å². The number of methoxy groups -OCH3 is 1. The van der Waals surface area contributed by atoms with E-state index in [1.807, 2.05) is 29.6 Å². The normalized spacial score (nSPS) is 19.1. The van der Waals surface area contributed by atoms with E-state index in [0.717, 1.165) is 18.8 Å². The van der Waals surface area contributed by atoms with Crippen molar-refractivity contribution in [1.82, 2.24) is 10.3 Å². The van der Waals surface area contributed by atoms with E-state index in [-0.39, 0.29) is 5.97 Å². The fourth-order valence-electron chi connectivity index (χ4n) is 1.78. The van der Waals surface area contributed by atoms with Crippen molar-refractivity contribution in [3.63, 3.8) is 0 Å². The van der Waals surface area contributed by atoms with Crippen molar-refractivity contribution in [2.75, 3.05) is 30.9 Å². The Morgan fingerprint density at radius 1 is 1.53 bits per heavy atom. The summed E-state index contributed by atoms with van der Waals surface area (Å²) in [6, 6.07) is 3.61. The second-order valence-corrected chi connectivity index (χ2v) is 6.79. The van der Waals surface area contributed by atoms with Crippen LogP contribution in [0.3, 0.4) is 0 Å². The maximum atomic E-state index is 11.3. The zero-order valence-electron chi connectivity index (χ0n) is 10.9. The molecule has 2 rings (SSSR count). The molecule has 1 aliphatic heterocycles. The molecule has 0 aliphatic carbocycles. The Bertz CT molecular complexity index is 406. The van der Waals surface area contributed by atoms with E-state index in [1.54, 1.807) is 12.3 Å². The van der Waals surface area contributed by atoms with Crippen molar-refractivity contribution in [2.45, 2.75) is 11.8 Å². The summed E-state index contributed by atoms with van der Waals surface area (Å²) in [5.74, 6) is 3.41.